The van der Waals surface area contributed by atoms with Gasteiger partial charge in [0.05, 0.1) is 11.9 Å². The third-order valence-electron chi connectivity index (χ3n) is 4.20. The smallest absolute Gasteiger partial charge is 0.243 e. The predicted molar refractivity (Wildman–Crippen MR) is 93.4 cm³/mol. The Morgan fingerprint density at radius 3 is 2.74 bits per heavy atom. The van der Waals surface area contributed by atoms with Gasteiger partial charge in [-0.15, -0.1) is 0 Å². The van der Waals surface area contributed by atoms with Gasteiger partial charge in [-0.1, -0.05) is 24.6 Å². The second-order valence-corrected chi connectivity index (χ2v) is 8.55. The molecule has 0 N–H and O–H groups in total. The first kappa shape index (κ1) is 18.1. The Morgan fingerprint density at radius 1 is 1.43 bits per heavy atom. The van der Waals surface area contributed by atoms with E-state index in [0.717, 1.165) is 23.4 Å². The Kier molecular flexibility index (Phi) is 5.57. The molecule has 5 nitrogen and oxygen atoms in total. The molecule has 1 aromatic carbocycles. The van der Waals surface area contributed by atoms with Gasteiger partial charge in [0.25, 0.3) is 0 Å². The molecule has 7 heteroatoms. The van der Waals surface area contributed by atoms with Crippen LogP contribution in [0.15, 0.2) is 18.2 Å². The van der Waals surface area contributed by atoms with Gasteiger partial charge in [-0.25, -0.2) is 8.42 Å². The van der Waals surface area contributed by atoms with Crippen LogP contribution in [0.1, 0.15) is 25.3 Å². The van der Waals surface area contributed by atoms with E-state index in [9.17, 15) is 13.2 Å². The van der Waals surface area contributed by atoms with Crippen LogP contribution in [0.4, 0.5) is 5.69 Å². The number of carbonyl (C=O) groups excluding carboxylic acids is 1. The molecule has 128 valence electrons. The lowest BCUT2D eigenvalue weighted by molar-refractivity contribution is -0.131. The number of likely N-dealkylation sites (tertiary alicyclic amines) is 1. The molecule has 0 aliphatic carbocycles. The molecule has 1 atom stereocenters. The summed E-state index contributed by atoms with van der Waals surface area (Å²) in [4.78, 5) is 14.3. The summed E-state index contributed by atoms with van der Waals surface area (Å²) in [5.41, 5.74) is 1.11. The number of amides is 1. The number of nitrogens with zero attached hydrogens (tertiary/aromatic N) is 2. The highest BCUT2D eigenvalue weighted by Crippen LogP contribution is 2.28. The summed E-state index contributed by atoms with van der Waals surface area (Å²) < 4.78 is 25.5. The van der Waals surface area contributed by atoms with E-state index in [1.54, 1.807) is 30.0 Å². The number of carbonyl (C=O) groups is 1. The molecule has 0 aromatic heterocycles. The van der Waals surface area contributed by atoms with E-state index in [2.05, 4.69) is 6.92 Å². The van der Waals surface area contributed by atoms with E-state index in [1.807, 2.05) is 0 Å². The van der Waals surface area contributed by atoms with Crippen molar-refractivity contribution in [3.63, 3.8) is 0 Å². The number of hydrogen-bond acceptors (Lipinski definition) is 3. The molecule has 1 saturated heterocycles. The number of benzene rings is 1. The summed E-state index contributed by atoms with van der Waals surface area (Å²) in [5, 5.41) is 0.482. The third kappa shape index (κ3) is 4.38. The highest BCUT2D eigenvalue weighted by atomic mass is 35.5. The molecular weight excluding hydrogens is 336 g/mol. The van der Waals surface area contributed by atoms with Gasteiger partial charge < -0.3 is 4.90 Å². The zero-order valence-corrected chi connectivity index (χ0v) is 15.3. The first-order valence-electron chi connectivity index (χ1n) is 7.70. The summed E-state index contributed by atoms with van der Waals surface area (Å²) in [7, 11) is -3.58. The molecular formula is C16H23ClN2O3S. The third-order valence-corrected chi connectivity index (χ3v) is 5.73. The molecule has 0 saturated carbocycles. The van der Waals surface area contributed by atoms with Gasteiger partial charge in [0.1, 0.15) is 6.54 Å². The van der Waals surface area contributed by atoms with Crippen LogP contribution in [0, 0.1) is 12.8 Å². The number of piperidine rings is 1. The summed E-state index contributed by atoms with van der Waals surface area (Å²) in [6, 6.07) is 5.07. The number of rotatable bonds is 4. The minimum absolute atomic E-state index is 0.165. The van der Waals surface area contributed by atoms with Gasteiger partial charge in [0.15, 0.2) is 0 Å². The fourth-order valence-corrected chi connectivity index (χ4v) is 3.96. The summed E-state index contributed by atoms with van der Waals surface area (Å²) in [6.45, 7) is 5.05. The van der Waals surface area contributed by atoms with Crippen molar-refractivity contribution in [2.24, 2.45) is 5.92 Å². The number of anilines is 1. The maximum absolute atomic E-state index is 12.6. The fourth-order valence-electron chi connectivity index (χ4n) is 2.89. The predicted octanol–water partition coefficient (Wildman–Crippen LogP) is 2.67. The van der Waals surface area contributed by atoms with Gasteiger partial charge >= 0.3 is 0 Å². The average molecular weight is 359 g/mol. The Morgan fingerprint density at radius 2 is 2.13 bits per heavy atom. The van der Waals surface area contributed by atoms with E-state index in [4.69, 9.17) is 11.6 Å². The second kappa shape index (κ2) is 7.09. The SMILES string of the molecule is Cc1c(Cl)cccc1N(CC(=O)N1CCC[C@H](C)C1)S(C)(=O)=O. The molecule has 1 heterocycles. The standard InChI is InChI=1S/C16H23ClN2O3S/c1-12-6-5-9-18(10-12)16(20)11-19(23(3,21)22)15-8-4-7-14(17)13(15)2/h4,7-8,12H,5-6,9-11H2,1-3H3/t12-/m0/s1. The van der Waals surface area contributed by atoms with Crippen LogP contribution in [-0.4, -0.2) is 45.1 Å². The lowest BCUT2D eigenvalue weighted by Crippen LogP contribution is -2.46. The summed E-state index contributed by atoms with van der Waals surface area (Å²) in [5.74, 6) is 0.286. The van der Waals surface area contributed by atoms with Crippen molar-refractivity contribution < 1.29 is 13.2 Å². The quantitative estimate of drug-likeness (QED) is 0.831. The average Bonchev–Trinajstić information content (AvgIpc) is 2.46. The number of halogens is 1. The van der Waals surface area contributed by atoms with Crippen molar-refractivity contribution in [1.82, 2.24) is 4.90 Å². The topological polar surface area (TPSA) is 57.7 Å². The molecule has 2 rings (SSSR count). The Labute approximate surface area is 143 Å². The number of sulfonamides is 1. The van der Waals surface area contributed by atoms with E-state index < -0.39 is 10.0 Å². The van der Waals surface area contributed by atoms with Crippen molar-refractivity contribution >= 4 is 33.2 Å². The lowest BCUT2D eigenvalue weighted by atomic mass is 10.0. The summed E-state index contributed by atoms with van der Waals surface area (Å²) in [6.07, 6.45) is 3.18. The van der Waals surface area contributed by atoms with Crippen LogP contribution in [0.2, 0.25) is 5.02 Å². The first-order chi connectivity index (χ1) is 10.7. The first-order valence-corrected chi connectivity index (χ1v) is 9.93. The highest BCUT2D eigenvalue weighted by Gasteiger charge is 2.27. The largest absolute Gasteiger partial charge is 0.341 e. The van der Waals surface area contributed by atoms with Crippen molar-refractivity contribution in [3.05, 3.63) is 28.8 Å². The van der Waals surface area contributed by atoms with Gasteiger partial charge in [0, 0.05) is 18.1 Å². The zero-order chi connectivity index (χ0) is 17.2. The van der Waals surface area contributed by atoms with Crippen molar-refractivity contribution in [2.75, 3.05) is 30.2 Å². The molecule has 0 unspecified atom stereocenters. The van der Waals surface area contributed by atoms with Gasteiger partial charge in [-0.2, -0.15) is 0 Å². The van der Waals surface area contributed by atoms with Gasteiger partial charge in [-0.05, 0) is 43.4 Å². The molecule has 1 amide bonds. The monoisotopic (exact) mass is 358 g/mol. The van der Waals surface area contributed by atoms with E-state index in [-0.39, 0.29) is 12.5 Å². The molecule has 1 aliphatic heterocycles. The van der Waals surface area contributed by atoms with E-state index in [1.165, 1.54) is 0 Å². The molecule has 23 heavy (non-hydrogen) atoms. The lowest BCUT2D eigenvalue weighted by Gasteiger charge is -2.33. The zero-order valence-electron chi connectivity index (χ0n) is 13.8. The van der Waals surface area contributed by atoms with Gasteiger partial charge in [0.2, 0.25) is 15.9 Å². The molecule has 1 aliphatic rings. The molecule has 0 bridgehead atoms. The highest BCUT2D eigenvalue weighted by molar-refractivity contribution is 7.92. The van der Waals surface area contributed by atoms with Crippen LogP contribution in [-0.2, 0) is 14.8 Å². The Hall–Kier alpha value is -1.27. The molecule has 0 spiro atoms. The Balaban J connectivity index is 2.27. The maximum Gasteiger partial charge on any atom is 0.243 e. The van der Waals surface area contributed by atoms with E-state index >= 15 is 0 Å². The minimum Gasteiger partial charge on any atom is -0.341 e. The molecule has 1 aromatic rings. The normalized spacial score (nSPS) is 18.8. The molecule has 0 radical (unpaired) electrons. The van der Waals surface area contributed by atoms with Crippen LogP contribution in [0.5, 0.6) is 0 Å². The number of hydrogen-bond donors (Lipinski definition) is 0. The van der Waals surface area contributed by atoms with Gasteiger partial charge in [-0.3, -0.25) is 9.10 Å². The molecule has 1 fully saturated rings. The van der Waals surface area contributed by atoms with Crippen molar-refractivity contribution in [3.8, 4) is 0 Å². The minimum atomic E-state index is -3.58. The maximum atomic E-state index is 12.6. The van der Waals surface area contributed by atoms with Crippen molar-refractivity contribution in [2.45, 2.75) is 26.7 Å². The summed E-state index contributed by atoms with van der Waals surface area (Å²) >= 11 is 6.10. The second-order valence-electron chi connectivity index (χ2n) is 6.24. The van der Waals surface area contributed by atoms with Crippen molar-refractivity contribution in [1.29, 1.82) is 0 Å². The van der Waals surface area contributed by atoms with Crippen LogP contribution >= 0.6 is 11.6 Å². The Bertz CT molecular complexity index is 691. The fraction of sp³-hybridized carbons (Fsp3) is 0.562. The van der Waals surface area contributed by atoms with E-state index in [0.29, 0.717) is 35.3 Å². The van der Waals surface area contributed by atoms with Crippen LogP contribution in [0.25, 0.3) is 0 Å². The van der Waals surface area contributed by atoms with Crippen LogP contribution < -0.4 is 4.31 Å². The van der Waals surface area contributed by atoms with Crippen LogP contribution in [0.3, 0.4) is 0 Å².